The molecule has 1 aliphatic rings. The fourth-order valence-electron chi connectivity index (χ4n) is 5.02. The molecule has 0 fully saturated rings. The van der Waals surface area contributed by atoms with Crippen molar-refractivity contribution in [2.24, 2.45) is 10.7 Å². The fourth-order valence-corrected chi connectivity index (χ4v) is 5.02. The maximum Gasteiger partial charge on any atom is 0.267 e. The van der Waals surface area contributed by atoms with Crippen molar-refractivity contribution in [1.82, 2.24) is 9.55 Å². The van der Waals surface area contributed by atoms with E-state index < -0.39 is 11.3 Å². The number of ether oxygens (including phenoxy) is 2. The van der Waals surface area contributed by atoms with Crippen molar-refractivity contribution in [1.29, 1.82) is 0 Å². The highest BCUT2D eigenvalue weighted by Crippen LogP contribution is 2.46. The van der Waals surface area contributed by atoms with Gasteiger partial charge in [0.25, 0.3) is 5.91 Å². The minimum atomic E-state index is -0.636. The second-order valence-electron chi connectivity index (χ2n) is 9.51. The molecule has 0 unspecified atom stereocenters. The summed E-state index contributed by atoms with van der Waals surface area (Å²) in [6.45, 7) is 5.22. The van der Waals surface area contributed by atoms with E-state index in [9.17, 15) is 9.18 Å². The number of benzene rings is 2. The third-order valence-corrected chi connectivity index (χ3v) is 6.53. The molecule has 4 aromatic rings. The van der Waals surface area contributed by atoms with E-state index in [0.717, 1.165) is 39.0 Å². The number of nitrogens with zero attached hydrogens (tertiary/aromatic N) is 3. The molecule has 2 aromatic carbocycles. The Hall–Kier alpha value is -4.04. The number of carbonyl (C=O) groups excluding carboxylic acids is 1. The van der Waals surface area contributed by atoms with Gasteiger partial charge in [-0.05, 0) is 59.7 Å². The molecule has 5 rings (SSSR count). The molecule has 1 aliphatic heterocycles. The summed E-state index contributed by atoms with van der Waals surface area (Å²) in [6, 6.07) is 14.1. The molecule has 0 saturated heterocycles. The summed E-state index contributed by atoms with van der Waals surface area (Å²) in [6.07, 6.45) is 1.88. The third kappa shape index (κ3) is 3.83. The number of methoxy groups -OCH3 is 2. The molecule has 0 radical (unpaired) electrons. The Balaban J connectivity index is 1.95. The highest BCUT2D eigenvalue weighted by molar-refractivity contribution is 6.04. The van der Waals surface area contributed by atoms with Gasteiger partial charge in [-0.1, -0.05) is 13.8 Å². The Morgan fingerprint density at radius 1 is 1.14 bits per heavy atom. The number of halogens is 1. The molecule has 0 atom stereocenters. The zero-order valence-electron chi connectivity index (χ0n) is 20.6. The van der Waals surface area contributed by atoms with Gasteiger partial charge in [-0.3, -0.25) is 9.79 Å². The Morgan fingerprint density at radius 2 is 1.89 bits per heavy atom. The van der Waals surface area contributed by atoms with Gasteiger partial charge in [0, 0.05) is 46.6 Å². The van der Waals surface area contributed by atoms with Crippen LogP contribution in [0, 0.1) is 5.82 Å². The standard InChI is InChI=1S/C28H27FN4O3/c1-28(2,15-35-3)25-24(20-9-10-22(26(30)34)32-27(20)36-4)21-11-16-13-31-14-17(16)12-23(21)33(25)19-7-5-18(29)6-8-19/h5-12,14H,13,15H2,1-4H3,(H2,30,34). The van der Waals surface area contributed by atoms with E-state index in [1.54, 1.807) is 25.3 Å². The molecule has 1 amide bonds. The quantitative estimate of drug-likeness (QED) is 0.406. The van der Waals surface area contributed by atoms with E-state index in [-0.39, 0.29) is 17.4 Å². The summed E-state index contributed by atoms with van der Waals surface area (Å²) < 4.78 is 27.3. The molecule has 7 nitrogen and oxygen atoms in total. The molecule has 0 bridgehead atoms. The Bertz CT molecular complexity index is 1520. The smallest absolute Gasteiger partial charge is 0.267 e. The van der Waals surface area contributed by atoms with Crippen molar-refractivity contribution in [2.45, 2.75) is 25.8 Å². The zero-order valence-corrected chi connectivity index (χ0v) is 20.6. The number of aromatic nitrogens is 2. The van der Waals surface area contributed by atoms with Crippen LogP contribution in [0.4, 0.5) is 4.39 Å². The number of aliphatic imine (C=N–C) groups is 1. The third-order valence-electron chi connectivity index (χ3n) is 6.53. The number of carbonyl (C=O) groups is 1. The zero-order chi connectivity index (χ0) is 25.6. The van der Waals surface area contributed by atoms with Crippen molar-refractivity contribution in [3.05, 3.63) is 76.9 Å². The molecule has 0 aliphatic carbocycles. The van der Waals surface area contributed by atoms with Gasteiger partial charge in [0.05, 0.1) is 25.8 Å². The van der Waals surface area contributed by atoms with Crippen LogP contribution in [0.25, 0.3) is 27.7 Å². The van der Waals surface area contributed by atoms with Gasteiger partial charge >= 0.3 is 0 Å². The number of fused-ring (bicyclic) bond motifs is 2. The Morgan fingerprint density at radius 3 is 2.56 bits per heavy atom. The van der Waals surface area contributed by atoms with E-state index in [1.807, 2.05) is 12.3 Å². The summed E-state index contributed by atoms with van der Waals surface area (Å²) in [5.74, 6) is -0.659. The van der Waals surface area contributed by atoms with Crippen LogP contribution in [0.5, 0.6) is 5.88 Å². The van der Waals surface area contributed by atoms with Crippen LogP contribution >= 0.6 is 0 Å². The minimum absolute atomic E-state index is 0.116. The molecule has 36 heavy (non-hydrogen) atoms. The normalized spacial score (nSPS) is 12.8. The van der Waals surface area contributed by atoms with Gasteiger partial charge in [0.2, 0.25) is 5.88 Å². The number of rotatable bonds is 7. The van der Waals surface area contributed by atoms with Gasteiger partial charge in [0.15, 0.2) is 0 Å². The van der Waals surface area contributed by atoms with Crippen LogP contribution in [0.2, 0.25) is 0 Å². The highest BCUT2D eigenvalue weighted by atomic mass is 19.1. The van der Waals surface area contributed by atoms with Crippen molar-refractivity contribution >= 4 is 23.0 Å². The second kappa shape index (κ2) is 8.87. The Labute approximate surface area is 208 Å². The lowest BCUT2D eigenvalue weighted by Crippen LogP contribution is -2.27. The van der Waals surface area contributed by atoms with Gasteiger partial charge in [-0.15, -0.1) is 0 Å². The van der Waals surface area contributed by atoms with Gasteiger partial charge in [-0.25, -0.2) is 9.37 Å². The van der Waals surface area contributed by atoms with Gasteiger partial charge in [-0.2, -0.15) is 0 Å². The lowest BCUT2D eigenvalue weighted by Gasteiger charge is -2.28. The molecular weight excluding hydrogens is 459 g/mol. The molecule has 2 aromatic heterocycles. The van der Waals surface area contributed by atoms with Crippen LogP contribution in [-0.4, -0.2) is 42.5 Å². The molecule has 0 saturated carbocycles. The number of hydrogen-bond acceptors (Lipinski definition) is 5. The van der Waals surface area contributed by atoms with Crippen LogP contribution in [0.15, 0.2) is 53.5 Å². The maximum absolute atomic E-state index is 13.9. The first-order valence-corrected chi connectivity index (χ1v) is 11.6. The summed E-state index contributed by atoms with van der Waals surface area (Å²) in [5.41, 5.74) is 11.6. The molecule has 8 heteroatoms. The second-order valence-corrected chi connectivity index (χ2v) is 9.51. The average Bonchev–Trinajstić information content (AvgIpc) is 3.44. The van der Waals surface area contributed by atoms with Crippen molar-refractivity contribution in [3.8, 4) is 22.7 Å². The topological polar surface area (TPSA) is 91.7 Å². The first-order valence-electron chi connectivity index (χ1n) is 11.6. The minimum Gasteiger partial charge on any atom is -0.481 e. The number of primary amides is 1. The SMILES string of the molecule is COCC(C)(C)c1c(-c2ccc(C(N)=O)nc2OC)c2cc3c(cc2n1-c1ccc(F)cc1)C=NC3. The predicted octanol–water partition coefficient (Wildman–Crippen LogP) is 4.80. The number of hydrogen-bond donors (Lipinski definition) is 1. The molecule has 3 heterocycles. The Kier molecular flexibility index (Phi) is 5.84. The average molecular weight is 487 g/mol. The largest absolute Gasteiger partial charge is 0.481 e. The first-order chi connectivity index (χ1) is 17.2. The lowest BCUT2D eigenvalue weighted by molar-refractivity contribution is 0.0994. The van der Waals surface area contributed by atoms with Crippen molar-refractivity contribution in [3.63, 3.8) is 0 Å². The fraction of sp³-hybridized carbons (Fsp3) is 0.250. The van der Waals surface area contributed by atoms with Crippen molar-refractivity contribution < 1.29 is 18.7 Å². The molecular formula is C28H27FN4O3. The van der Waals surface area contributed by atoms with E-state index in [1.165, 1.54) is 19.2 Å². The highest BCUT2D eigenvalue weighted by Gasteiger charge is 2.34. The van der Waals surface area contributed by atoms with Gasteiger partial charge < -0.3 is 19.8 Å². The van der Waals surface area contributed by atoms with Crippen LogP contribution < -0.4 is 10.5 Å². The van der Waals surface area contributed by atoms with E-state index in [2.05, 4.69) is 40.5 Å². The summed E-state index contributed by atoms with van der Waals surface area (Å²) >= 11 is 0. The van der Waals surface area contributed by atoms with E-state index in [4.69, 9.17) is 15.2 Å². The van der Waals surface area contributed by atoms with Crippen molar-refractivity contribution in [2.75, 3.05) is 20.8 Å². The number of nitrogens with two attached hydrogens (primary N) is 1. The molecule has 0 spiro atoms. The first kappa shape index (κ1) is 23.7. The van der Waals surface area contributed by atoms with E-state index in [0.29, 0.717) is 18.7 Å². The number of pyridine rings is 1. The van der Waals surface area contributed by atoms with Crippen LogP contribution in [0.3, 0.4) is 0 Å². The van der Waals surface area contributed by atoms with Crippen LogP contribution in [-0.2, 0) is 16.7 Å². The molecule has 2 N–H and O–H groups in total. The number of amides is 1. The summed E-state index contributed by atoms with van der Waals surface area (Å²) in [7, 11) is 3.18. The van der Waals surface area contributed by atoms with Crippen LogP contribution in [0.1, 0.15) is 41.2 Å². The summed E-state index contributed by atoms with van der Waals surface area (Å²) in [5, 5.41) is 0.967. The lowest BCUT2D eigenvalue weighted by atomic mass is 9.84. The summed E-state index contributed by atoms with van der Waals surface area (Å²) in [4.78, 5) is 20.7. The molecule has 184 valence electrons. The van der Waals surface area contributed by atoms with E-state index >= 15 is 0 Å². The van der Waals surface area contributed by atoms with Gasteiger partial charge in [0.1, 0.15) is 11.5 Å². The predicted molar refractivity (Wildman–Crippen MR) is 138 cm³/mol. The monoisotopic (exact) mass is 486 g/mol. The maximum atomic E-state index is 13.9.